The molecule has 1 saturated carbocycles. The summed E-state index contributed by atoms with van der Waals surface area (Å²) in [7, 11) is -1.29. The van der Waals surface area contributed by atoms with Gasteiger partial charge in [0.15, 0.2) is 11.5 Å². The van der Waals surface area contributed by atoms with Crippen LogP contribution in [0.4, 0.5) is 8.78 Å². The van der Waals surface area contributed by atoms with Crippen LogP contribution in [0.15, 0.2) is 47.4 Å². The minimum Gasteiger partial charge on any atom is -0.493 e. The zero-order valence-corrected chi connectivity index (χ0v) is 18.9. The maximum Gasteiger partial charge on any atom is 0.387 e. The molecule has 0 unspecified atom stereocenters. The summed E-state index contributed by atoms with van der Waals surface area (Å²) in [6, 6.07) is 11.8. The minimum atomic E-state index is -3.93. The van der Waals surface area contributed by atoms with Gasteiger partial charge in [-0.05, 0) is 54.8 Å². The quantitative estimate of drug-likeness (QED) is 0.520. The van der Waals surface area contributed by atoms with Gasteiger partial charge < -0.3 is 14.4 Å². The summed E-state index contributed by atoms with van der Waals surface area (Å²) in [6.45, 7) is -3.20. The highest BCUT2D eigenvalue weighted by Crippen LogP contribution is 2.33. The van der Waals surface area contributed by atoms with E-state index in [2.05, 4.69) is 4.74 Å². The van der Waals surface area contributed by atoms with Gasteiger partial charge in [-0.25, -0.2) is 8.42 Å². The number of methoxy groups -OCH3 is 1. The van der Waals surface area contributed by atoms with E-state index < -0.39 is 16.6 Å². The molecule has 0 aliphatic heterocycles. The Kier molecular flexibility index (Phi) is 7.50. The highest BCUT2D eigenvalue weighted by atomic mass is 32.2. The van der Waals surface area contributed by atoms with Crippen LogP contribution in [-0.4, -0.2) is 56.9 Å². The Bertz CT molecular complexity index is 1150. The molecule has 1 fully saturated rings. The summed E-state index contributed by atoms with van der Waals surface area (Å²) in [5.74, 6) is -0.394. The molecule has 176 valence electrons. The Morgan fingerprint density at radius 2 is 1.85 bits per heavy atom. The molecule has 11 heteroatoms. The number of ether oxygens (including phenoxy) is 2. The first-order valence-corrected chi connectivity index (χ1v) is 11.5. The van der Waals surface area contributed by atoms with Gasteiger partial charge in [0.25, 0.3) is 0 Å². The second-order valence-corrected chi connectivity index (χ2v) is 9.56. The van der Waals surface area contributed by atoms with E-state index in [-0.39, 0.29) is 41.4 Å². The highest BCUT2D eigenvalue weighted by Gasteiger charge is 2.34. The smallest absolute Gasteiger partial charge is 0.387 e. The predicted octanol–water partition coefficient (Wildman–Crippen LogP) is 2.98. The van der Waals surface area contributed by atoms with E-state index in [0.29, 0.717) is 11.1 Å². The normalized spacial score (nSPS) is 13.6. The van der Waals surface area contributed by atoms with Crippen LogP contribution in [0.1, 0.15) is 24.0 Å². The number of hydrogen-bond donors (Lipinski definition) is 0. The summed E-state index contributed by atoms with van der Waals surface area (Å²) >= 11 is 0. The fourth-order valence-electron chi connectivity index (χ4n) is 3.26. The molecular weight excluding hydrogens is 456 g/mol. The SMILES string of the molecule is COc1cc(CN(C(=O)CN(C)S(=O)(=O)c2ccc(C#N)cc2)C2CC2)ccc1OC(F)F. The number of nitriles is 1. The van der Waals surface area contributed by atoms with Crippen molar-refractivity contribution in [2.75, 3.05) is 20.7 Å². The average Bonchev–Trinajstić information content (AvgIpc) is 3.63. The number of carbonyl (C=O) groups excluding carboxylic acids is 1. The molecule has 1 aliphatic rings. The Balaban J connectivity index is 1.73. The van der Waals surface area contributed by atoms with Crippen LogP contribution in [-0.2, 0) is 21.4 Å². The number of alkyl halides is 2. The molecule has 2 aromatic carbocycles. The number of benzene rings is 2. The van der Waals surface area contributed by atoms with E-state index in [1.165, 1.54) is 50.6 Å². The maximum absolute atomic E-state index is 13.0. The van der Waals surface area contributed by atoms with E-state index in [1.807, 2.05) is 6.07 Å². The van der Waals surface area contributed by atoms with Crippen molar-refractivity contribution >= 4 is 15.9 Å². The van der Waals surface area contributed by atoms with Crippen LogP contribution < -0.4 is 9.47 Å². The first-order chi connectivity index (χ1) is 15.6. The number of sulfonamides is 1. The lowest BCUT2D eigenvalue weighted by Gasteiger charge is -2.26. The first-order valence-electron chi connectivity index (χ1n) is 10.0. The zero-order chi connectivity index (χ0) is 24.2. The molecule has 0 saturated heterocycles. The van der Waals surface area contributed by atoms with Crippen molar-refractivity contribution in [1.29, 1.82) is 5.26 Å². The van der Waals surface area contributed by atoms with Crippen LogP contribution in [0.25, 0.3) is 0 Å². The summed E-state index contributed by atoms with van der Waals surface area (Å²) < 4.78 is 61.2. The molecule has 2 aromatic rings. The third-order valence-corrected chi connectivity index (χ3v) is 6.97. The van der Waals surface area contributed by atoms with Crippen molar-refractivity contribution in [3.05, 3.63) is 53.6 Å². The van der Waals surface area contributed by atoms with Gasteiger partial charge in [-0.3, -0.25) is 4.79 Å². The van der Waals surface area contributed by atoms with Gasteiger partial charge in [0.1, 0.15) is 0 Å². The minimum absolute atomic E-state index is 0.0193. The summed E-state index contributed by atoms with van der Waals surface area (Å²) in [6.07, 6.45) is 1.59. The summed E-state index contributed by atoms with van der Waals surface area (Å²) in [4.78, 5) is 14.6. The molecule has 1 aliphatic carbocycles. The lowest BCUT2D eigenvalue weighted by atomic mass is 10.2. The predicted molar refractivity (Wildman–Crippen MR) is 114 cm³/mol. The Hall–Kier alpha value is -3.23. The summed E-state index contributed by atoms with van der Waals surface area (Å²) in [5, 5.41) is 8.88. The molecule has 0 N–H and O–H groups in total. The van der Waals surface area contributed by atoms with Crippen molar-refractivity contribution in [2.45, 2.75) is 36.9 Å². The molecule has 0 radical (unpaired) electrons. The number of halogens is 2. The third kappa shape index (κ3) is 5.97. The molecule has 0 bridgehead atoms. The van der Waals surface area contributed by atoms with Crippen LogP contribution in [0.5, 0.6) is 11.5 Å². The van der Waals surface area contributed by atoms with Crippen LogP contribution >= 0.6 is 0 Å². The Morgan fingerprint density at radius 3 is 2.39 bits per heavy atom. The summed E-state index contributed by atoms with van der Waals surface area (Å²) in [5.41, 5.74) is 0.958. The van der Waals surface area contributed by atoms with Crippen LogP contribution in [0, 0.1) is 11.3 Å². The van der Waals surface area contributed by atoms with Crippen LogP contribution in [0.3, 0.4) is 0 Å². The fourth-order valence-corrected chi connectivity index (χ4v) is 4.38. The number of rotatable bonds is 10. The average molecular weight is 480 g/mol. The van der Waals surface area contributed by atoms with E-state index >= 15 is 0 Å². The van der Waals surface area contributed by atoms with Crippen LogP contribution in [0.2, 0.25) is 0 Å². The van der Waals surface area contributed by atoms with Crippen molar-refractivity contribution < 1.29 is 31.5 Å². The Labute approximate surface area is 191 Å². The van der Waals surface area contributed by atoms with E-state index in [0.717, 1.165) is 17.1 Å². The molecule has 1 amide bonds. The molecule has 0 atom stereocenters. The second kappa shape index (κ2) is 10.1. The first kappa shape index (κ1) is 24.4. The Morgan fingerprint density at radius 1 is 1.18 bits per heavy atom. The number of amides is 1. The molecular formula is C22H23F2N3O5S. The fraction of sp³-hybridized carbons (Fsp3) is 0.364. The van der Waals surface area contributed by atoms with E-state index in [1.54, 1.807) is 11.0 Å². The monoisotopic (exact) mass is 479 g/mol. The van der Waals surface area contributed by atoms with Crippen molar-refractivity contribution in [3.63, 3.8) is 0 Å². The number of likely N-dealkylation sites (N-methyl/N-ethyl adjacent to an activating group) is 1. The van der Waals surface area contributed by atoms with E-state index in [4.69, 9.17) is 10.00 Å². The topological polar surface area (TPSA) is 99.9 Å². The van der Waals surface area contributed by atoms with Crippen molar-refractivity contribution in [2.24, 2.45) is 0 Å². The van der Waals surface area contributed by atoms with Crippen molar-refractivity contribution in [1.82, 2.24) is 9.21 Å². The van der Waals surface area contributed by atoms with Gasteiger partial charge in [0.2, 0.25) is 15.9 Å². The molecule has 0 aromatic heterocycles. The lowest BCUT2D eigenvalue weighted by molar-refractivity contribution is -0.132. The van der Waals surface area contributed by atoms with Gasteiger partial charge in [-0.1, -0.05) is 6.07 Å². The van der Waals surface area contributed by atoms with Gasteiger partial charge in [0, 0.05) is 19.6 Å². The van der Waals surface area contributed by atoms with Gasteiger partial charge in [-0.15, -0.1) is 0 Å². The van der Waals surface area contributed by atoms with Gasteiger partial charge >= 0.3 is 6.61 Å². The number of carbonyl (C=O) groups is 1. The maximum atomic E-state index is 13.0. The highest BCUT2D eigenvalue weighted by molar-refractivity contribution is 7.89. The van der Waals surface area contributed by atoms with Gasteiger partial charge in [-0.2, -0.15) is 18.3 Å². The molecule has 3 rings (SSSR count). The second-order valence-electron chi connectivity index (χ2n) is 7.51. The van der Waals surface area contributed by atoms with Gasteiger partial charge in [0.05, 0.1) is 30.2 Å². The largest absolute Gasteiger partial charge is 0.493 e. The molecule has 0 heterocycles. The van der Waals surface area contributed by atoms with E-state index in [9.17, 15) is 22.0 Å². The molecule has 0 spiro atoms. The zero-order valence-electron chi connectivity index (χ0n) is 18.1. The number of nitrogens with zero attached hydrogens (tertiary/aromatic N) is 3. The lowest BCUT2D eigenvalue weighted by Crippen LogP contribution is -2.41. The molecule has 8 nitrogen and oxygen atoms in total. The standard InChI is InChI=1S/C22H23F2N3O5S/c1-26(33(29,30)18-8-3-15(12-25)4-9-18)14-21(28)27(17-6-7-17)13-16-5-10-19(32-22(23)24)20(11-16)31-2/h3-5,8-11,17,22H,6-7,13-14H2,1-2H3. The third-order valence-electron chi connectivity index (χ3n) is 5.15. The van der Waals surface area contributed by atoms with Crippen molar-refractivity contribution in [3.8, 4) is 17.6 Å². The molecule has 33 heavy (non-hydrogen) atoms. The number of hydrogen-bond acceptors (Lipinski definition) is 6.